The third-order valence-electron chi connectivity index (χ3n) is 2.24. The summed E-state index contributed by atoms with van der Waals surface area (Å²) in [6.07, 6.45) is 4.98. The molecule has 2 aromatic heterocycles. The number of hydrogen-bond donors (Lipinski definition) is 0. The third-order valence-corrected chi connectivity index (χ3v) is 3.35. The van der Waals surface area contributed by atoms with Crippen LogP contribution >= 0.6 is 27.5 Å². The standard InChI is InChI=1S/C10H10BrClN4/c1-7-9(11)10(15-16(7)5-2-12)8-6-13-3-4-14-8/h3-4,6H,2,5H2,1H3. The van der Waals surface area contributed by atoms with Crippen molar-refractivity contribution in [3.63, 3.8) is 0 Å². The molecule has 2 rings (SSSR count). The Morgan fingerprint density at radius 1 is 1.44 bits per heavy atom. The summed E-state index contributed by atoms with van der Waals surface area (Å²) in [7, 11) is 0. The molecule has 0 bridgehead atoms. The van der Waals surface area contributed by atoms with Crippen molar-refractivity contribution in [3.8, 4) is 11.4 Å². The van der Waals surface area contributed by atoms with E-state index in [4.69, 9.17) is 11.6 Å². The quantitative estimate of drug-likeness (QED) is 0.819. The zero-order valence-corrected chi connectivity index (χ0v) is 11.0. The summed E-state index contributed by atoms with van der Waals surface area (Å²) in [5.74, 6) is 0.537. The minimum absolute atomic E-state index is 0.537. The fraction of sp³-hybridized carbons (Fsp3) is 0.300. The van der Waals surface area contributed by atoms with Gasteiger partial charge >= 0.3 is 0 Å². The van der Waals surface area contributed by atoms with Gasteiger partial charge in [0.2, 0.25) is 0 Å². The first-order valence-electron chi connectivity index (χ1n) is 4.79. The highest BCUT2D eigenvalue weighted by molar-refractivity contribution is 9.10. The van der Waals surface area contributed by atoms with E-state index in [0.717, 1.165) is 21.6 Å². The Morgan fingerprint density at radius 2 is 2.25 bits per heavy atom. The van der Waals surface area contributed by atoms with Crippen molar-refractivity contribution in [2.75, 3.05) is 5.88 Å². The Balaban J connectivity index is 2.46. The molecular weight excluding hydrogens is 291 g/mol. The maximum atomic E-state index is 5.71. The van der Waals surface area contributed by atoms with Crippen molar-refractivity contribution >= 4 is 27.5 Å². The van der Waals surface area contributed by atoms with Gasteiger partial charge in [-0.1, -0.05) is 0 Å². The lowest BCUT2D eigenvalue weighted by molar-refractivity contribution is 0.645. The van der Waals surface area contributed by atoms with Crippen LogP contribution in [0, 0.1) is 6.92 Å². The molecule has 4 nitrogen and oxygen atoms in total. The number of alkyl halides is 1. The van der Waals surface area contributed by atoms with Gasteiger partial charge in [-0.3, -0.25) is 14.6 Å². The van der Waals surface area contributed by atoms with Gasteiger partial charge < -0.3 is 0 Å². The van der Waals surface area contributed by atoms with Crippen molar-refractivity contribution in [3.05, 3.63) is 28.8 Å². The maximum absolute atomic E-state index is 5.71. The molecule has 0 spiro atoms. The van der Waals surface area contributed by atoms with Crippen LogP contribution in [0.25, 0.3) is 11.4 Å². The number of hydrogen-bond acceptors (Lipinski definition) is 3. The van der Waals surface area contributed by atoms with Crippen LogP contribution in [0.2, 0.25) is 0 Å². The minimum Gasteiger partial charge on any atom is -0.267 e. The SMILES string of the molecule is Cc1c(Br)c(-c2cnccn2)nn1CCCl. The molecule has 0 amide bonds. The van der Waals surface area contributed by atoms with Crippen LogP contribution in [0.1, 0.15) is 5.69 Å². The molecule has 0 aliphatic heterocycles. The van der Waals surface area contributed by atoms with Gasteiger partial charge in [0.05, 0.1) is 22.9 Å². The average Bonchev–Trinajstić information content (AvgIpc) is 2.59. The minimum atomic E-state index is 0.537. The molecule has 0 radical (unpaired) electrons. The molecule has 0 N–H and O–H groups in total. The van der Waals surface area contributed by atoms with Gasteiger partial charge in [-0.2, -0.15) is 5.10 Å². The lowest BCUT2D eigenvalue weighted by Gasteiger charge is -1.98. The average molecular weight is 302 g/mol. The summed E-state index contributed by atoms with van der Waals surface area (Å²) in [6.45, 7) is 2.68. The van der Waals surface area contributed by atoms with Crippen LogP contribution in [0.5, 0.6) is 0 Å². The molecule has 0 saturated carbocycles. The van der Waals surface area contributed by atoms with E-state index in [1.54, 1.807) is 18.6 Å². The molecule has 0 fully saturated rings. The van der Waals surface area contributed by atoms with E-state index in [-0.39, 0.29) is 0 Å². The smallest absolute Gasteiger partial charge is 0.127 e. The lowest BCUT2D eigenvalue weighted by atomic mass is 10.3. The van der Waals surface area contributed by atoms with Gasteiger partial charge in [0.1, 0.15) is 11.4 Å². The molecule has 0 aromatic carbocycles. The number of nitrogens with zero attached hydrogens (tertiary/aromatic N) is 4. The summed E-state index contributed by atoms with van der Waals surface area (Å²) < 4.78 is 2.80. The van der Waals surface area contributed by atoms with E-state index >= 15 is 0 Å². The van der Waals surface area contributed by atoms with Crippen molar-refractivity contribution in [2.24, 2.45) is 0 Å². The Kier molecular flexibility index (Phi) is 3.56. The van der Waals surface area contributed by atoms with Crippen molar-refractivity contribution in [1.82, 2.24) is 19.7 Å². The molecule has 84 valence electrons. The molecule has 0 aliphatic rings. The Labute approximate surface area is 107 Å². The second-order valence-corrected chi connectivity index (χ2v) is 4.42. The highest BCUT2D eigenvalue weighted by atomic mass is 79.9. The summed E-state index contributed by atoms with van der Waals surface area (Å²) in [5, 5.41) is 4.45. The largest absolute Gasteiger partial charge is 0.267 e. The number of aryl methyl sites for hydroxylation is 1. The number of halogens is 2. The van der Waals surface area contributed by atoms with E-state index in [2.05, 4.69) is 31.0 Å². The van der Waals surface area contributed by atoms with Crippen molar-refractivity contribution in [1.29, 1.82) is 0 Å². The second kappa shape index (κ2) is 4.93. The highest BCUT2D eigenvalue weighted by Gasteiger charge is 2.14. The fourth-order valence-corrected chi connectivity index (χ4v) is 2.05. The maximum Gasteiger partial charge on any atom is 0.127 e. The van der Waals surface area contributed by atoms with E-state index in [0.29, 0.717) is 12.4 Å². The predicted molar refractivity (Wildman–Crippen MR) is 66.4 cm³/mol. The molecule has 0 atom stereocenters. The topological polar surface area (TPSA) is 43.6 Å². The predicted octanol–water partition coefficient (Wildman–Crippen LogP) is 2.65. The van der Waals surface area contributed by atoms with E-state index in [1.165, 1.54) is 0 Å². The summed E-state index contributed by atoms with van der Waals surface area (Å²) in [5.41, 5.74) is 2.60. The van der Waals surface area contributed by atoms with E-state index in [1.807, 2.05) is 11.6 Å². The highest BCUT2D eigenvalue weighted by Crippen LogP contribution is 2.28. The Morgan fingerprint density at radius 3 is 2.88 bits per heavy atom. The monoisotopic (exact) mass is 300 g/mol. The van der Waals surface area contributed by atoms with Crippen LogP contribution in [0.3, 0.4) is 0 Å². The van der Waals surface area contributed by atoms with Gasteiger partial charge in [0.15, 0.2) is 0 Å². The van der Waals surface area contributed by atoms with Crippen LogP contribution in [-0.4, -0.2) is 25.6 Å². The first kappa shape index (κ1) is 11.5. The Hall–Kier alpha value is -0.940. The number of aromatic nitrogens is 4. The van der Waals surface area contributed by atoms with Gasteiger partial charge in [0, 0.05) is 18.3 Å². The Bertz CT molecular complexity index is 483. The zero-order chi connectivity index (χ0) is 11.5. The fourth-order valence-electron chi connectivity index (χ4n) is 1.41. The van der Waals surface area contributed by atoms with Crippen LogP contribution < -0.4 is 0 Å². The third kappa shape index (κ3) is 2.10. The molecule has 0 unspecified atom stereocenters. The molecule has 2 heterocycles. The zero-order valence-electron chi connectivity index (χ0n) is 8.69. The first-order valence-corrected chi connectivity index (χ1v) is 6.12. The van der Waals surface area contributed by atoms with Crippen LogP contribution in [0.4, 0.5) is 0 Å². The van der Waals surface area contributed by atoms with E-state index in [9.17, 15) is 0 Å². The van der Waals surface area contributed by atoms with Crippen molar-refractivity contribution in [2.45, 2.75) is 13.5 Å². The van der Waals surface area contributed by atoms with Crippen LogP contribution in [0.15, 0.2) is 23.1 Å². The van der Waals surface area contributed by atoms with Gasteiger partial charge in [0.25, 0.3) is 0 Å². The summed E-state index contributed by atoms with van der Waals surface area (Å²) in [4.78, 5) is 8.25. The van der Waals surface area contributed by atoms with Crippen LogP contribution in [-0.2, 0) is 6.54 Å². The lowest BCUT2D eigenvalue weighted by Crippen LogP contribution is -2.03. The molecule has 2 aromatic rings. The van der Waals surface area contributed by atoms with Crippen molar-refractivity contribution < 1.29 is 0 Å². The normalized spacial score (nSPS) is 10.7. The van der Waals surface area contributed by atoms with Gasteiger partial charge in [-0.25, -0.2) is 0 Å². The molecule has 0 aliphatic carbocycles. The molecule has 0 saturated heterocycles. The molecular formula is C10H10BrClN4. The first-order chi connectivity index (χ1) is 7.74. The van der Waals surface area contributed by atoms with Gasteiger partial charge in [-0.05, 0) is 22.9 Å². The van der Waals surface area contributed by atoms with E-state index < -0.39 is 0 Å². The van der Waals surface area contributed by atoms with Gasteiger partial charge in [-0.15, -0.1) is 11.6 Å². The molecule has 16 heavy (non-hydrogen) atoms. The second-order valence-electron chi connectivity index (χ2n) is 3.25. The molecule has 6 heteroatoms. The number of rotatable bonds is 3. The summed E-state index contributed by atoms with van der Waals surface area (Å²) in [6, 6.07) is 0. The summed E-state index contributed by atoms with van der Waals surface area (Å²) >= 11 is 9.23.